The molecule has 2 aliphatic rings. The normalized spacial score (nSPS) is 18.3. The molecule has 1 aromatic carbocycles. The van der Waals surface area contributed by atoms with Crippen molar-refractivity contribution >= 4 is 27.4 Å². The molecule has 33 heavy (non-hydrogen) atoms. The molecular weight excluding hydrogens is 440 g/mol. The van der Waals surface area contributed by atoms with Gasteiger partial charge in [0.15, 0.2) is 0 Å². The van der Waals surface area contributed by atoms with Crippen molar-refractivity contribution in [1.82, 2.24) is 9.29 Å². The van der Waals surface area contributed by atoms with Crippen LogP contribution in [-0.2, 0) is 19.6 Å². The highest BCUT2D eigenvalue weighted by Gasteiger charge is 2.33. The zero-order chi connectivity index (χ0) is 23.6. The fourth-order valence-corrected chi connectivity index (χ4v) is 6.64. The van der Waals surface area contributed by atoms with Gasteiger partial charge in [-0.2, -0.15) is 4.31 Å². The predicted octanol–water partition coefficient (Wildman–Crippen LogP) is 2.88. The minimum absolute atomic E-state index is 0.110. The van der Waals surface area contributed by atoms with Crippen LogP contribution in [-0.4, -0.2) is 63.0 Å². The minimum Gasteiger partial charge on any atom is -0.378 e. The van der Waals surface area contributed by atoms with Crippen molar-refractivity contribution in [2.24, 2.45) is 5.92 Å². The number of nitrogens with one attached hydrogen (secondary N) is 1. The second kappa shape index (κ2) is 9.79. The second-order valence-electron chi connectivity index (χ2n) is 8.90. The first-order chi connectivity index (χ1) is 15.8. The lowest BCUT2D eigenvalue weighted by atomic mass is 9.97. The van der Waals surface area contributed by atoms with E-state index in [2.05, 4.69) is 15.2 Å². The Bertz CT molecular complexity index is 1080. The summed E-state index contributed by atoms with van der Waals surface area (Å²) in [4.78, 5) is 19.8. The summed E-state index contributed by atoms with van der Waals surface area (Å²) in [6.45, 7) is 9.37. The van der Waals surface area contributed by atoms with E-state index in [1.54, 1.807) is 6.20 Å². The highest BCUT2D eigenvalue weighted by Crippen LogP contribution is 2.29. The number of carbonyl (C=O) groups is 1. The third-order valence-electron chi connectivity index (χ3n) is 6.40. The Morgan fingerprint density at radius 2 is 1.67 bits per heavy atom. The molecule has 1 aromatic heterocycles. The summed E-state index contributed by atoms with van der Waals surface area (Å²) < 4.78 is 33.4. The maximum Gasteiger partial charge on any atom is 0.243 e. The fourth-order valence-electron chi connectivity index (χ4n) is 4.76. The van der Waals surface area contributed by atoms with E-state index in [4.69, 9.17) is 4.74 Å². The second-order valence-corrected chi connectivity index (χ2v) is 10.8. The van der Waals surface area contributed by atoms with Crippen LogP contribution >= 0.6 is 0 Å². The Labute approximate surface area is 196 Å². The standard InChI is InChI=1S/C24H32N4O4S/c1-17-14-18(2)23(19(3)15-17)33(30,31)28-8-6-20(7-9-28)24(29)26-22-5-4-21(16-25-22)27-10-12-32-13-11-27/h4-5,14-16,20H,6-13H2,1-3H3,(H,25,26,29). The highest BCUT2D eigenvalue weighted by molar-refractivity contribution is 7.89. The molecule has 0 unspecified atom stereocenters. The third-order valence-corrected chi connectivity index (χ3v) is 8.61. The van der Waals surface area contributed by atoms with E-state index in [1.807, 2.05) is 45.0 Å². The number of benzene rings is 1. The van der Waals surface area contributed by atoms with E-state index in [0.29, 0.717) is 49.9 Å². The Morgan fingerprint density at radius 3 is 2.24 bits per heavy atom. The fraction of sp³-hybridized carbons (Fsp3) is 0.500. The topological polar surface area (TPSA) is 91.8 Å². The molecule has 8 nitrogen and oxygen atoms in total. The number of hydrogen-bond donors (Lipinski definition) is 1. The average Bonchev–Trinajstić information content (AvgIpc) is 2.79. The van der Waals surface area contributed by atoms with Gasteiger partial charge in [-0.25, -0.2) is 13.4 Å². The molecule has 2 saturated heterocycles. The van der Waals surface area contributed by atoms with E-state index in [1.165, 1.54) is 4.31 Å². The first-order valence-corrected chi connectivity index (χ1v) is 12.9. The summed E-state index contributed by atoms with van der Waals surface area (Å²) in [6.07, 6.45) is 2.74. The molecule has 1 N–H and O–H groups in total. The van der Waals surface area contributed by atoms with Crippen molar-refractivity contribution in [3.63, 3.8) is 0 Å². The highest BCUT2D eigenvalue weighted by atomic mass is 32.2. The SMILES string of the molecule is Cc1cc(C)c(S(=O)(=O)N2CCC(C(=O)Nc3ccc(N4CCOCC4)cn3)CC2)c(C)c1. The minimum atomic E-state index is -3.59. The van der Waals surface area contributed by atoms with Crippen molar-refractivity contribution in [2.75, 3.05) is 49.6 Å². The van der Waals surface area contributed by atoms with E-state index in [9.17, 15) is 13.2 Å². The Balaban J connectivity index is 1.35. The number of aryl methyl sites for hydroxylation is 3. The monoisotopic (exact) mass is 472 g/mol. The maximum atomic E-state index is 13.3. The van der Waals surface area contributed by atoms with Crippen molar-refractivity contribution in [2.45, 2.75) is 38.5 Å². The van der Waals surface area contributed by atoms with Crippen LogP contribution in [0.15, 0.2) is 35.4 Å². The molecule has 2 fully saturated rings. The molecule has 2 aliphatic heterocycles. The van der Waals surface area contributed by atoms with Gasteiger partial charge in [-0.1, -0.05) is 17.7 Å². The number of nitrogens with zero attached hydrogens (tertiary/aromatic N) is 3. The smallest absolute Gasteiger partial charge is 0.243 e. The number of pyridine rings is 1. The summed E-state index contributed by atoms with van der Waals surface area (Å²) in [5, 5.41) is 2.89. The number of anilines is 2. The number of morpholine rings is 1. The molecule has 0 radical (unpaired) electrons. The Hall–Kier alpha value is -2.49. The number of piperidine rings is 1. The molecule has 0 bridgehead atoms. The van der Waals surface area contributed by atoms with Gasteiger partial charge in [0, 0.05) is 32.1 Å². The van der Waals surface area contributed by atoms with Gasteiger partial charge in [0.2, 0.25) is 15.9 Å². The first kappa shape index (κ1) is 23.7. The number of sulfonamides is 1. The number of ether oxygens (including phenoxy) is 1. The third kappa shape index (κ3) is 5.20. The van der Waals surface area contributed by atoms with Crippen LogP contribution in [0.2, 0.25) is 0 Å². The van der Waals surface area contributed by atoms with E-state index < -0.39 is 10.0 Å². The van der Waals surface area contributed by atoms with E-state index in [0.717, 1.165) is 35.5 Å². The lowest BCUT2D eigenvalue weighted by Gasteiger charge is -2.31. The van der Waals surface area contributed by atoms with Gasteiger partial charge in [0.1, 0.15) is 5.82 Å². The molecule has 0 saturated carbocycles. The van der Waals surface area contributed by atoms with Crippen LogP contribution in [0.25, 0.3) is 0 Å². The molecule has 0 atom stereocenters. The molecule has 2 aromatic rings. The van der Waals surface area contributed by atoms with Crippen LogP contribution in [0.4, 0.5) is 11.5 Å². The Kier molecular flexibility index (Phi) is 7.02. The number of amides is 1. The van der Waals surface area contributed by atoms with E-state index >= 15 is 0 Å². The molecule has 178 valence electrons. The van der Waals surface area contributed by atoms with Crippen molar-refractivity contribution < 1.29 is 17.9 Å². The van der Waals surface area contributed by atoms with Crippen molar-refractivity contribution in [1.29, 1.82) is 0 Å². The number of hydrogen-bond acceptors (Lipinski definition) is 6. The average molecular weight is 473 g/mol. The predicted molar refractivity (Wildman–Crippen MR) is 128 cm³/mol. The summed E-state index contributed by atoms with van der Waals surface area (Å²) in [7, 11) is -3.59. The van der Waals surface area contributed by atoms with Gasteiger partial charge < -0.3 is 15.0 Å². The molecule has 0 spiro atoms. The lowest BCUT2D eigenvalue weighted by Crippen LogP contribution is -2.41. The van der Waals surface area contributed by atoms with Crippen molar-refractivity contribution in [3.8, 4) is 0 Å². The van der Waals surface area contributed by atoms with E-state index in [-0.39, 0.29) is 11.8 Å². The molecule has 3 heterocycles. The van der Waals surface area contributed by atoms with Crippen LogP contribution in [0.5, 0.6) is 0 Å². The van der Waals surface area contributed by atoms with Gasteiger partial charge in [0.25, 0.3) is 0 Å². The molecule has 9 heteroatoms. The van der Waals surface area contributed by atoms with Crippen LogP contribution in [0.1, 0.15) is 29.5 Å². The quantitative estimate of drug-likeness (QED) is 0.720. The van der Waals surface area contributed by atoms with Crippen LogP contribution in [0.3, 0.4) is 0 Å². The Morgan fingerprint density at radius 1 is 1.03 bits per heavy atom. The molecule has 1 amide bonds. The summed E-state index contributed by atoms with van der Waals surface area (Å²) in [6, 6.07) is 7.56. The molecule has 4 rings (SSSR count). The summed E-state index contributed by atoms with van der Waals surface area (Å²) >= 11 is 0. The summed E-state index contributed by atoms with van der Waals surface area (Å²) in [5.41, 5.74) is 3.58. The van der Waals surface area contributed by atoms with Crippen LogP contribution in [0, 0.1) is 26.7 Å². The zero-order valence-corrected chi connectivity index (χ0v) is 20.3. The van der Waals surface area contributed by atoms with Gasteiger partial charge in [0.05, 0.1) is 30.0 Å². The molecule has 0 aliphatic carbocycles. The molecular formula is C24H32N4O4S. The first-order valence-electron chi connectivity index (χ1n) is 11.4. The number of carbonyl (C=O) groups excluding carboxylic acids is 1. The van der Waals surface area contributed by atoms with Gasteiger partial charge in [-0.05, 0) is 56.9 Å². The number of rotatable bonds is 5. The van der Waals surface area contributed by atoms with Crippen LogP contribution < -0.4 is 10.2 Å². The van der Waals surface area contributed by atoms with Crippen molar-refractivity contribution in [3.05, 3.63) is 47.2 Å². The summed E-state index contributed by atoms with van der Waals surface area (Å²) in [5.74, 6) is 0.164. The largest absolute Gasteiger partial charge is 0.378 e. The number of aromatic nitrogens is 1. The van der Waals surface area contributed by atoms with Gasteiger partial charge in [-0.15, -0.1) is 0 Å². The van der Waals surface area contributed by atoms with Gasteiger partial charge in [-0.3, -0.25) is 4.79 Å². The van der Waals surface area contributed by atoms with Gasteiger partial charge >= 0.3 is 0 Å². The maximum absolute atomic E-state index is 13.3. The zero-order valence-electron chi connectivity index (χ0n) is 19.5. The lowest BCUT2D eigenvalue weighted by molar-refractivity contribution is -0.120.